The largest absolute Gasteiger partial charge is 0.439 e. The maximum atomic E-state index is 10.9. The van der Waals surface area contributed by atoms with Crippen LogP contribution in [0.4, 0.5) is 9.59 Å². The summed E-state index contributed by atoms with van der Waals surface area (Å²) < 4.78 is 7.97. The number of carbonyl (C=O) groups is 2. The molecule has 0 aliphatic heterocycles. The van der Waals surface area contributed by atoms with Gasteiger partial charge in [0.05, 0.1) is 0 Å². The van der Waals surface area contributed by atoms with Gasteiger partial charge >= 0.3 is 12.2 Å². The van der Waals surface area contributed by atoms with Crippen LogP contribution in [0.2, 0.25) is 0 Å². The molecule has 0 atom stereocenters. The van der Waals surface area contributed by atoms with E-state index in [0.717, 1.165) is 16.7 Å². The van der Waals surface area contributed by atoms with Gasteiger partial charge in [-0.05, 0) is 44.4 Å². The SMILES string of the molecule is CC(C)(OC(N)=O)C(Cl)(Cl)Cl.CC(C)(OC(N)=O)c1ccc(-c2ccccc2)cc1. The molecule has 0 fully saturated rings. The first-order valence-electron chi connectivity index (χ1n) is 8.85. The van der Waals surface area contributed by atoms with Crippen molar-refractivity contribution in [3.63, 3.8) is 0 Å². The van der Waals surface area contributed by atoms with E-state index in [-0.39, 0.29) is 0 Å². The second-order valence-electron chi connectivity index (χ2n) is 7.30. The lowest BCUT2D eigenvalue weighted by atomic mass is 9.95. The van der Waals surface area contributed by atoms with E-state index >= 15 is 0 Å². The number of alkyl halides is 3. The minimum Gasteiger partial charge on any atom is -0.439 e. The summed E-state index contributed by atoms with van der Waals surface area (Å²) in [6.07, 6.45) is -1.74. The summed E-state index contributed by atoms with van der Waals surface area (Å²) in [5, 5.41) is 0. The molecule has 6 nitrogen and oxygen atoms in total. The summed E-state index contributed by atoms with van der Waals surface area (Å²) >= 11 is 16.4. The molecule has 0 aliphatic rings. The third kappa shape index (κ3) is 7.94. The molecule has 0 saturated carbocycles. The highest BCUT2D eigenvalue weighted by atomic mass is 35.6. The molecule has 0 bridgehead atoms. The van der Waals surface area contributed by atoms with Crippen molar-refractivity contribution in [2.75, 3.05) is 0 Å². The summed E-state index contributed by atoms with van der Waals surface area (Å²) in [6.45, 7) is 6.53. The molecule has 0 aromatic heterocycles. The minimum absolute atomic E-state index is 0.721. The van der Waals surface area contributed by atoms with Crippen LogP contribution in [0.15, 0.2) is 54.6 Å². The smallest absolute Gasteiger partial charge is 0.405 e. The van der Waals surface area contributed by atoms with Crippen molar-refractivity contribution >= 4 is 47.0 Å². The van der Waals surface area contributed by atoms with Crippen molar-refractivity contribution in [2.24, 2.45) is 11.5 Å². The Hall–Kier alpha value is -2.15. The molecular weight excluding hydrogens is 451 g/mol. The Kier molecular flexibility index (Phi) is 8.84. The highest BCUT2D eigenvalue weighted by Gasteiger charge is 2.43. The van der Waals surface area contributed by atoms with Crippen LogP contribution < -0.4 is 11.5 Å². The molecule has 0 saturated heterocycles. The Labute approximate surface area is 191 Å². The lowest BCUT2D eigenvalue weighted by Gasteiger charge is -2.30. The first-order chi connectivity index (χ1) is 13.7. The van der Waals surface area contributed by atoms with Crippen molar-refractivity contribution in [1.29, 1.82) is 0 Å². The van der Waals surface area contributed by atoms with Gasteiger partial charge in [-0.25, -0.2) is 9.59 Å². The Bertz CT molecular complexity index is 849. The Morgan fingerprint density at radius 1 is 0.733 bits per heavy atom. The first-order valence-corrected chi connectivity index (χ1v) is 9.98. The van der Waals surface area contributed by atoms with E-state index < -0.39 is 27.2 Å². The fourth-order valence-electron chi connectivity index (χ4n) is 2.31. The fraction of sp³-hybridized carbons (Fsp3) is 0.333. The van der Waals surface area contributed by atoms with Crippen molar-refractivity contribution in [1.82, 2.24) is 0 Å². The monoisotopic (exact) mass is 474 g/mol. The first kappa shape index (κ1) is 25.9. The van der Waals surface area contributed by atoms with Gasteiger partial charge in [0.25, 0.3) is 0 Å². The number of ether oxygens (including phenoxy) is 2. The van der Waals surface area contributed by atoms with Gasteiger partial charge in [-0.1, -0.05) is 89.4 Å². The predicted molar refractivity (Wildman–Crippen MR) is 121 cm³/mol. The number of halogens is 3. The molecule has 2 aromatic carbocycles. The van der Waals surface area contributed by atoms with E-state index in [0.29, 0.717) is 0 Å². The Balaban J connectivity index is 0.000000352. The van der Waals surface area contributed by atoms with Crippen LogP contribution in [0.3, 0.4) is 0 Å². The third-order valence-corrected chi connectivity index (χ3v) is 5.45. The van der Waals surface area contributed by atoms with Crippen LogP contribution in [-0.4, -0.2) is 21.6 Å². The molecule has 4 N–H and O–H groups in total. The lowest BCUT2D eigenvalue weighted by molar-refractivity contribution is 0.0431. The van der Waals surface area contributed by atoms with Crippen molar-refractivity contribution < 1.29 is 19.1 Å². The molecule has 2 aromatic rings. The molecule has 9 heteroatoms. The maximum absolute atomic E-state index is 10.9. The Morgan fingerprint density at radius 3 is 1.53 bits per heavy atom. The maximum Gasteiger partial charge on any atom is 0.405 e. The fourth-order valence-corrected chi connectivity index (χ4v) is 2.43. The highest BCUT2D eigenvalue weighted by molar-refractivity contribution is 6.68. The van der Waals surface area contributed by atoms with Gasteiger partial charge in [0, 0.05) is 0 Å². The molecule has 30 heavy (non-hydrogen) atoms. The van der Waals surface area contributed by atoms with Gasteiger partial charge < -0.3 is 20.9 Å². The normalized spacial score (nSPS) is 11.7. The molecule has 2 rings (SSSR count). The minimum atomic E-state index is -1.68. The van der Waals surface area contributed by atoms with E-state index in [9.17, 15) is 9.59 Å². The van der Waals surface area contributed by atoms with Crippen LogP contribution in [-0.2, 0) is 15.1 Å². The lowest BCUT2D eigenvalue weighted by Crippen LogP contribution is -2.42. The van der Waals surface area contributed by atoms with E-state index in [4.69, 9.17) is 51.0 Å². The second kappa shape index (κ2) is 10.2. The summed E-state index contributed by atoms with van der Waals surface area (Å²) in [5.41, 5.74) is 11.1. The number of primary amides is 2. The van der Waals surface area contributed by atoms with E-state index in [1.165, 1.54) is 13.8 Å². The van der Waals surface area contributed by atoms with Gasteiger partial charge in [0.15, 0.2) is 5.60 Å². The van der Waals surface area contributed by atoms with Crippen LogP contribution in [0, 0.1) is 0 Å². The molecule has 2 amide bonds. The average Bonchev–Trinajstić information content (AvgIpc) is 2.60. The van der Waals surface area contributed by atoms with Gasteiger partial charge in [-0.3, -0.25) is 0 Å². The average molecular weight is 476 g/mol. The van der Waals surface area contributed by atoms with Crippen molar-refractivity contribution in [2.45, 2.75) is 42.7 Å². The molecule has 0 unspecified atom stereocenters. The second-order valence-corrected chi connectivity index (χ2v) is 9.59. The number of benzene rings is 2. The molecule has 0 spiro atoms. The van der Waals surface area contributed by atoms with Gasteiger partial charge in [-0.15, -0.1) is 0 Å². The van der Waals surface area contributed by atoms with Gasteiger partial charge in [-0.2, -0.15) is 0 Å². The highest BCUT2D eigenvalue weighted by Crippen LogP contribution is 2.40. The van der Waals surface area contributed by atoms with Gasteiger partial charge in [0.1, 0.15) is 5.60 Å². The molecular formula is C21H25Cl3N2O4. The topological polar surface area (TPSA) is 105 Å². The quantitative estimate of drug-likeness (QED) is 0.536. The zero-order valence-corrected chi connectivity index (χ0v) is 19.4. The van der Waals surface area contributed by atoms with Gasteiger partial charge in [0.2, 0.25) is 3.79 Å². The number of nitrogens with two attached hydrogens (primary N) is 2. The molecule has 0 aliphatic carbocycles. The molecule has 0 heterocycles. The van der Waals surface area contributed by atoms with Crippen LogP contribution in [0.25, 0.3) is 11.1 Å². The summed E-state index contributed by atoms with van der Waals surface area (Å²) in [5.74, 6) is 0. The van der Waals surface area contributed by atoms with Crippen LogP contribution in [0.5, 0.6) is 0 Å². The summed E-state index contributed by atoms with van der Waals surface area (Å²) in [7, 11) is 0. The Morgan fingerprint density at radius 2 is 1.17 bits per heavy atom. The number of carbonyl (C=O) groups excluding carboxylic acids is 2. The number of hydrogen-bond acceptors (Lipinski definition) is 4. The van der Waals surface area contributed by atoms with Crippen LogP contribution >= 0.6 is 34.8 Å². The number of amides is 2. The zero-order chi connectivity index (χ0) is 23.2. The number of rotatable bonds is 4. The van der Waals surface area contributed by atoms with E-state index in [1.807, 2.05) is 56.3 Å². The van der Waals surface area contributed by atoms with Crippen LogP contribution in [0.1, 0.15) is 33.3 Å². The summed E-state index contributed by atoms with van der Waals surface area (Å²) in [4.78, 5) is 21.2. The molecule has 0 radical (unpaired) electrons. The predicted octanol–water partition coefficient (Wildman–Crippen LogP) is 5.91. The van der Waals surface area contributed by atoms with E-state index in [2.05, 4.69) is 16.9 Å². The molecule has 164 valence electrons. The van der Waals surface area contributed by atoms with E-state index in [1.54, 1.807) is 0 Å². The third-order valence-electron chi connectivity index (χ3n) is 4.08. The zero-order valence-electron chi connectivity index (χ0n) is 17.1. The summed E-state index contributed by atoms with van der Waals surface area (Å²) in [6, 6.07) is 18.0. The van der Waals surface area contributed by atoms with Crippen molar-refractivity contribution in [3.8, 4) is 11.1 Å². The standard InChI is InChI=1S/C16H17NO2.C5H8Cl3NO2/c1-16(2,19-15(17)18)14-10-8-13(9-11-14)12-6-4-3-5-7-12;1-4(2,5(6,7)8)11-3(9)10/h3-11H,1-2H3,(H2,17,18);1-2H3,(H2,9,10). The van der Waals surface area contributed by atoms with Crippen molar-refractivity contribution in [3.05, 3.63) is 60.2 Å². The number of hydrogen-bond donors (Lipinski definition) is 2.